The number of phenols is 1. The van der Waals surface area contributed by atoms with Crippen molar-refractivity contribution < 1.29 is 14.2 Å². The van der Waals surface area contributed by atoms with Crippen molar-refractivity contribution in [1.82, 2.24) is 0 Å². The molecule has 0 bridgehead atoms. The third kappa shape index (κ3) is 3.09. The Morgan fingerprint density at radius 3 is 2.79 bits per heavy atom. The van der Waals surface area contributed by atoms with E-state index in [9.17, 15) is 9.50 Å². The number of benzene rings is 2. The molecule has 0 aliphatic rings. The zero-order chi connectivity index (χ0) is 13.8. The van der Waals surface area contributed by atoms with Gasteiger partial charge in [0.05, 0.1) is 12.1 Å². The number of aromatic hydroxyl groups is 1. The predicted molar refractivity (Wildman–Crippen MR) is 73.4 cm³/mol. The normalized spacial score (nSPS) is 10.3. The van der Waals surface area contributed by atoms with Gasteiger partial charge in [-0.2, -0.15) is 0 Å². The van der Waals surface area contributed by atoms with Crippen LogP contribution in [0.1, 0.15) is 5.56 Å². The van der Waals surface area contributed by atoms with Gasteiger partial charge in [0, 0.05) is 17.8 Å². The van der Waals surface area contributed by atoms with E-state index in [1.165, 1.54) is 6.07 Å². The number of ether oxygens (including phenoxy) is 1. The predicted octanol–water partition coefficient (Wildman–Crippen LogP) is 3.81. The van der Waals surface area contributed by atoms with E-state index in [0.717, 1.165) is 5.69 Å². The number of methoxy groups -OCH3 is 1. The van der Waals surface area contributed by atoms with Gasteiger partial charge in [0.25, 0.3) is 0 Å². The van der Waals surface area contributed by atoms with Gasteiger partial charge in [-0.15, -0.1) is 0 Å². The zero-order valence-corrected chi connectivity index (χ0v) is 11.0. The van der Waals surface area contributed by atoms with Crippen molar-refractivity contribution in [3.63, 3.8) is 0 Å². The van der Waals surface area contributed by atoms with E-state index in [4.69, 9.17) is 16.3 Å². The molecule has 2 rings (SSSR count). The minimum Gasteiger partial charge on any atom is -0.505 e. The summed E-state index contributed by atoms with van der Waals surface area (Å²) >= 11 is 5.99. The summed E-state index contributed by atoms with van der Waals surface area (Å²) in [6.45, 7) is 0.298. The van der Waals surface area contributed by atoms with Gasteiger partial charge in [-0.3, -0.25) is 0 Å². The standard InChI is InChI=1S/C14H13ClFNO2/c1-19-13-6-5-10(7-11(13)15)17-8-9-3-2-4-12(16)14(9)18/h2-7,17-18H,8H2,1H3. The van der Waals surface area contributed by atoms with Gasteiger partial charge in [0.2, 0.25) is 0 Å². The van der Waals surface area contributed by atoms with Gasteiger partial charge in [-0.05, 0) is 24.3 Å². The highest BCUT2D eigenvalue weighted by atomic mass is 35.5. The number of rotatable bonds is 4. The summed E-state index contributed by atoms with van der Waals surface area (Å²) < 4.78 is 18.2. The first-order valence-corrected chi connectivity index (χ1v) is 6.03. The molecule has 0 spiro atoms. The molecule has 0 saturated carbocycles. The van der Waals surface area contributed by atoms with Crippen molar-refractivity contribution in [2.24, 2.45) is 0 Å². The molecule has 0 aliphatic carbocycles. The first-order valence-electron chi connectivity index (χ1n) is 5.65. The fourth-order valence-corrected chi connectivity index (χ4v) is 1.93. The molecule has 0 aromatic heterocycles. The zero-order valence-electron chi connectivity index (χ0n) is 10.3. The van der Waals surface area contributed by atoms with Crippen LogP contribution in [0.25, 0.3) is 0 Å². The van der Waals surface area contributed by atoms with Gasteiger partial charge in [-0.1, -0.05) is 23.7 Å². The Hall–Kier alpha value is -1.94. The van der Waals surface area contributed by atoms with Crippen molar-refractivity contribution in [3.05, 3.63) is 52.8 Å². The molecule has 3 nitrogen and oxygen atoms in total. The first-order chi connectivity index (χ1) is 9.11. The highest BCUT2D eigenvalue weighted by Gasteiger charge is 2.07. The van der Waals surface area contributed by atoms with E-state index in [1.54, 1.807) is 37.4 Å². The van der Waals surface area contributed by atoms with Crippen LogP contribution in [-0.2, 0) is 6.54 Å². The number of phenolic OH excluding ortho intramolecular Hbond substituents is 1. The lowest BCUT2D eigenvalue weighted by Gasteiger charge is -2.10. The van der Waals surface area contributed by atoms with Crippen molar-refractivity contribution in [2.45, 2.75) is 6.54 Å². The Bertz CT molecular complexity index is 590. The lowest BCUT2D eigenvalue weighted by Crippen LogP contribution is -2.00. The van der Waals surface area contributed by atoms with E-state index < -0.39 is 5.82 Å². The Kier molecular flexibility index (Phi) is 4.12. The SMILES string of the molecule is COc1ccc(NCc2cccc(F)c2O)cc1Cl. The Morgan fingerprint density at radius 2 is 2.11 bits per heavy atom. The summed E-state index contributed by atoms with van der Waals surface area (Å²) in [5, 5.41) is 13.1. The van der Waals surface area contributed by atoms with E-state index in [0.29, 0.717) is 22.9 Å². The summed E-state index contributed by atoms with van der Waals surface area (Å²) in [4.78, 5) is 0. The number of hydrogen-bond acceptors (Lipinski definition) is 3. The van der Waals surface area contributed by atoms with Crippen molar-refractivity contribution in [1.29, 1.82) is 0 Å². The summed E-state index contributed by atoms with van der Waals surface area (Å²) in [6.07, 6.45) is 0. The van der Waals surface area contributed by atoms with Crippen LogP contribution in [0.3, 0.4) is 0 Å². The van der Waals surface area contributed by atoms with Crippen LogP contribution in [0.15, 0.2) is 36.4 Å². The van der Waals surface area contributed by atoms with Crippen molar-refractivity contribution in [2.75, 3.05) is 12.4 Å². The summed E-state index contributed by atoms with van der Waals surface area (Å²) in [5.41, 5.74) is 1.24. The van der Waals surface area contributed by atoms with E-state index in [1.807, 2.05) is 0 Å². The lowest BCUT2D eigenvalue weighted by molar-refractivity contribution is 0.415. The van der Waals surface area contributed by atoms with E-state index in [2.05, 4.69) is 5.32 Å². The van der Waals surface area contributed by atoms with E-state index in [-0.39, 0.29) is 5.75 Å². The average Bonchev–Trinajstić information content (AvgIpc) is 2.40. The summed E-state index contributed by atoms with van der Waals surface area (Å²) in [5.74, 6) is -0.387. The molecule has 0 saturated heterocycles. The van der Waals surface area contributed by atoms with Crippen LogP contribution in [0.2, 0.25) is 5.02 Å². The molecule has 0 heterocycles. The molecule has 0 fully saturated rings. The minimum absolute atomic E-state index is 0.298. The topological polar surface area (TPSA) is 41.5 Å². The second kappa shape index (κ2) is 5.80. The van der Waals surface area contributed by atoms with Gasteiger partial charge in [-0.25, -0.2) is 4.39 Å². The molecule has 0 atom stereocenters. The maximum Gasteiger partial charge on any atom is 0.165 e. The van der Waals surface area contributed by atoms with Crippen molar-refractivity contribution >= 4 is 17.3 Å². The molecule has 0 unspecified atom stereocenters. The molecular weight excluding hydrogens is 269 g/mol. The Labute approximate surface area is 115 Å². The van der Waals surface area contributed by atoms with Crippen molar-refractivity contribution in [3.8, 4) is 11.5 Å². The fourth-order valence-electron chi connectivity index (χ4n) is 1.68. The molecule has 2 aromatic rings. The highest BCUT2D eigenvalue weighted by Crippen LogP contribution is 2.28. The lowest BCUT2D eigenvalue weighted by atomic mass is 10.2. The molecule has 2 aromatic carbocycles. The highest BCUT2D eigenvalue weighted by molar-refractivity contribution is 6.32. The number of anilines is 1. The van der Waals surface area contributed by atoms with Crippen LogP contribution in [-0.4, -0.2) is 12.2 Å². The second-order valence-corrected chi connectivity index (χ2v) is 4.36. The molecule has 5 heteroatoms. The quantitative estimate of drug-likeness (QED) is 0.895. The molecule has 100 valence electrons. The largest absolute Gasteiger partial charge is 0.505 e. The van der Waals surface area contributed by atoms with Crippen LogP contribution < -0.4 is 10.1 Å². The van der Waals surface area contributed by atoms with Gasteiger partial charge < -0.3 is 15.2 Å². The number of halogens is 2. The summed E-state index contributed by atoms with van der Waals surface area (Å²) in [7, 11) is 1.54. The maximum atomic E-state index is 13.2. The number of nitrogens with one attached hydrogen (secondary N) is 1. The monoisotopic (exact) mass is 281 g/mol. The molecule has 19 heavy (non-hydrogen) atoms. The smallest absolute Gasteiger partial charge is 0.165 e. The average molecular weight is 282 g/mol. The third-order valence-corrected chi connectivity index (χ3v) is 3.00. The molecular formula is C14H13ClFNO2. The van der Waals surface area contributed by atoms with Gasteiger partial charge in [0.15, 0.2) is 11.6 Å². The first kappa shape index (κ1) is 13.5. The molecule has 0 radical (unpaired) electrons. The van der Waals surface area contributed by atoms with Crippen LogP contribution in [0.5, 0.6) is 11.5 Å². The summed E-state index contributed by atoms with van der Waals surface area (Å²) in [6, 6.07) is 9.64. The maximum absolute atomic E-state index is 13.2. The van der Waals surface area contributed by atoms with Gasteiger partial charge in [0.1, 0.15) is 5.75 Å². The Balaban J connectivity index is 2.10. The Morgan fingerprint density at radius 1 is 1.32 bits per heavy atom. The van der Waals surface area contributed by atoms with Crippen LogP contribution >= 0.6 is 11.6 Å². The number of para-hydroxylation sites is 1. The second-order valence-electron chi connectivity index (χ2n) is 3.95. The van der Waals surface area contributed by atoms with Crippen LogP contribution in [0, 0.1) is 5.82 Å². The molecule has 0 aliphatic heterocycles. The fraction of sp³-hybridized carbons (Fsp3) is 0.143. The van der Waals surface area contributed by atoms with Crippen LogP contribution in [0.4, 0.5) is 10.1 Å². The van der Waals surface area contributed by atoms with Gasteiger partial charge >= 0.3 is 0 Å². The minimum atomic E-state index is -0.632. The van der Waals surface area contributed by atoms with E-state index >= 15 is 0 Å². The third-order valence-electron chi connectivity index (χ3n) is 2.71. The molecule has 2 N–H and O–H groups in total. The molecule has 0 amide bonds. The number of hydrogen-bond donors (Lipinski definition) is 2.